The van der Waals surface area contributed by atoms with Gasteiger partial charge in [-0.3, -0.25) is 0 Å². The third kappa shape index (κ3) is 3.78. The third-order valence-corrected chi connectivity index (χ3v) is 3.01. The lowest BCUT2D eigenvalue weighted by molar-refractivity contribution is 0.149. The molecular formula is C14H18ClN3O. The highest BCUT2D eigenvalue weighted by molar-refractivity contribution is 6.17. The molecular weight excluding hydrogens is 262 g/mol. The molecule has 2 rings (SSSR count). The van der Waals surface area contributed by atoms with Crippen molar-refractivity contribution >= 4 is 28.2 Å². The summed E-state index contributed by atoms with van der Waals surface area (Å²) in [4.78, 5) is 0. The molecule has 0 spiro atoms. The van der Waals surface area contributed by atoms with Gasteiger partial charge < -0.3 is 10.1 Å². The summed E-state index contributed by atoms with van der Waals surface area (Å²) in [5.41, 5.74) is 0.951. The van der Waals surface area contributed by atoms with E-state index in [1.54, 1.807) is 0 Å². The van der Waals surface area contributed by atoms with E-state index < -0.39 is 0 Å². The SMILES string of the molecule is Cc1nnc(NCCCOCCCl)c2ccccc12. The average Bonchev–Trinajstić information content (AvgIpc) is 2.45. The molecule has 0 atom stereocenters. The molecule has 0 radical (unpaired) electrons. The number of nitrogens with one attached hydrogen (secondary N) is 1. The zero-order valence-corrected chi connectivity index (χ0v) is 11.8. The van der Waals surface area contributed by atoms with Crippen LogP contribution in [0.4, 0.5) is 5.82 Å². The Labute approximate surface area is 118 Å². The molecule has 0 saturated heterocycles. The highest BCUT2D eigenvalue weighted by Crippen LogP contribution is 2.21. The quantitative estimate of drug-likeness (QED) is 0.625. The van der Waals surface area contributed by atoms with Gasteiger partial charge >= 0.3 is 0 Å². The normalized spacial score (nSPS) is 10.8. The van der Waals surface area contributed by atoms with E-state index in [0.717, 1.165) is 35.2 Å². The Hall–Kier alpha value is -1.39. The Balaban J connectivity index is 1.96. The van der Waals surface area contributed by atoms with Gasteiger partial charge in [0.05, 0.1) is 12.3 Å². The first kappa shape index (κ1) is 14.0. The van der Waals surface area contributed by atoms with Crippen LogP contribution in [0.15, 0.2) is 24.3 Å². The molecule has 0 bridgehead atoms. The summed E-state index contributed by atoms with van der Waals surface area (Å²) >= 11 is 5.53. The second-order valence-corrected chi connectivity index (χ2v) is 4.64. The van der Waals surface area contributed by atoms with Crippen molar-refractivity contribution < 1.29 is 4.74 Å². The van der Waals surface area contributed by atoms with Crippen molar-refractivity contribution in [2.45, 2.75) is 13.3 Å². The lowest BCUT2D eigenvalue weighted by Crippen LogP contribution is -2.09. The molecule has 2 aromatic rings. The van der Waals surface area contributed by atoms with Crippen LogP contribution in [-0.2, 0) is 4.74 Å². The summed E-state index contributed by atoms with van der Waals surface area (Å²) in [5.74, 6) is 1.38. The zero-order valence-electron chi connectivity index (χ0n) is 11.0. The van der Waals surface area contributed by atoms with Gasteiger partial charge in [-0.1, -0.05) is 24.3 Å². The lowest BCUT2D eigenvalue weighted by Gasteiger charge is -2.09. The maximum Gasteiger partial charge on any atom is 0.156 e. The number of halogens is 1. The van der Waals surface area contributed by atoms with E-state index in [1.807, 2.05) is 19.1 Å². The average molecular weight is 280 g/mol. The number of aryl methyl sites for hydroxylation is 1. The summed E-state index contributed by atoms with van der Waals surface area (Å²) in [6.45, 7) is 4.09. The van der Waals surface area contributed by atoms with Crippen molar-refractivity contribution in [3.8, 4) is 0 Å². The van der Waals surface area contributed by atoms with Crippen molar-refractivity contribution in [2.75, 3.05) is 31.0 Å². The zero-order chi connectivity index (χ0) is 13.5. The fourth-order valence-corrected chi connectivity index (χ4v) is 2.02. The standard InChI is InChI=1S/C14H18ClN3O/c1-11-12-5-2-3-6-13(12)14(18-17-11)16-8-4-9-19-10-7-15/h2-3,5-6H,4,7-10H2,1H3,(H,16,18). The van der Waals surface area contributed by atoms with Crippen molar-refractivity contribution in [2.24, 2.45) is 0 Å². The number of ether oxygens (including phenoxy) is 1. The van der Waals surface area contributed by atoms with Crippen molar-refractivity contribution in [1.82, 2.24) is 10.2 Å². The van der Waals surface area contributed by atoms with Crippen LogP contribution in [0.1, 0.15) is 12.1 Å². The van der Waals surface area contributed by atoms with Crippen LogP contribution in [0.25, 0.3) is 10.8 Å². The fraction of sp³-hybridized carbons (Fsp3) is 0.429. The smallest absolute Gasteiger partial charge is 0.156 e. The van der Waals surface area contributed by atoms with Crippen LogP contribution >= 0.6 is 11.6 Å². The minimum atomic E-state index is 0.543. The maximum atomic E-state index is 5.53. The van der Waals surface area contributed by atoms with Gasteiger partial charge in [0.15, 0.2) is 5.82 Å². The van der Waals surface area contributed by atoms with Crippen LogP contribution < -0.4 is 5.32 Å². The first-order chi connectivity index (χ1) is 9.33. The summed E-state index contributed by atoms with van der Waals surface area (Å²) < 4.78 is 5.32. The van der Waals surface area contributed by atoms with Gasteiger partial charge in [0.2, 0.25) is 0 Å². The number of nitrogens with zero attached hydrogens (tertiary/aromatic N) is 2. The first-order valence-corrected chi connectivity index (χ1v) is 6.96. The molecule has 0 aliphatic carbocycles. The van der Waals surface area contributed by atoms with Crippen molar-refractivity contribution in [3.05, 3.63) is 30.0 Å². The predicted molar refractivity (Wildman–Crippen MR) is 78.9 cm³/mol. The Morgan fingerprint density at radius 3 is 2.74 bits per heavy atom. The van der Waals surface area contributed by atoms with Gasteiger partial charge in [0.1, 0.15) is 0 Å². The van der Waals surface area contributed by atoms with Gasteiger partial charge in [-0.2, -0.15) is 5.10 Å². The Bertz CT molecular complexity index is 533. The Kier molecular flexibility index (Phi) is 5.36. The summed E-state index contributed by atoms with van der Waals surface area (Å²) in [6.07, 6.45) is 0.917. The molecule has 1 heterocycles. The van der Waals surface area contributed by atoms with Crippen LogP contribution in [0.3, 0.4) is 0 Å². The number of hydrogen-bond acceptors (Lipinski definition) is 4. The summed E-state index contributed by atoms with van der Waals surface area (Å²) in [6, 6.07) is 8.15. The predicted octanol–water partition coefficient (Wildman–Crippen LogP) is 3.00. The topological polar surface area (TPSA) is 47.0 Å². The minimum Gasteiger partial charge on any atom is -0.380 e. The van der Waals surface area contributed by atoms with Gasteiger partial charge in [-0.15, -0.1) is 16.7 Å². The molecule has 0 fully saturated rings. The molecule has 0 unspecified atom stereocenters. The molecule has 19 heavy (non-hydrogen) atoms. The molecule has 1 aromatic heterocycles. The molecule has 0 aliphatic rings. The third-order valence-electron chi connectivity index (χ3n) is 2.85. The van der Waals surface area contributed by atoms with Gasteiger partial charge in [0, 0.05) is 29.8 Å². The van der Waals surface area contributed by atoms with Crippen molar-refractivity contribution in [3.63, 3.8) is 0 Å². The van der Waals surface area contributed by atoms with Crippen LogP contribution in [0.5, 0.6) is 0 Å². The van der Waals surface area contributed by atoms with E-state index in [2.05, 4.69) is 27.6 Å². The van der Waals surface area contributed by atoms with Gasteiger partial charge in [0.25, 0.3) is 0 Å². The number of hydrogen-bond donors (Lipinski definition) is 1. The second kappa shape index (κ2) is 7.26. The van der Waals surface area contributed by atoms with E-state index in [-0.39, 0.29) is 0 Å². The highest BCUT2D eigenvalue weighted by atomic mass is 35.5. The Morgan fingerprint density at radius 2 is 1.95 bits per heavy atom. The molecule has 1 N–H and O–H groups in total. The van der Waals surface area contributed by atoms with Crippen LogP contribution in [0, 0.1) is 6.92 Å². The molecule has 4 nitrogen and oxygen atoms in total. The molecule has 0 aliphatic heterocycles. The second-order valence-electron chi connectivity index (χ2n) is 4.26. The van der Waals surface area contributed by atoms with Crippen molar-refractivity contribution in [1.29, 1.82) is 0 Å². The lowest BCUT2D eigenvalue weighted by atomic mass is 10.1. The molecule has 102 valence electrons. The van der Waals surface area contributed by atoms with Crippen LogP contribution in [0.2, 0.25) is 0 Å². The number of benzene rings is 1. The summed E-state index contributed by atoms with van der Waals surface area (Å²) in [5, 5.41) is 13.9. The number of aromatic nitrogens is 2. The number of rotatable bonds is 7. The largest absolute Gasteiger partial charge is 0.380 e. The number of fused-ring (bicyclic) bond motifs is 1. The Morgan fingerprint density at radius 1 is 1.16 bits per heavy atom. The van der Waals surface area contributed by atoms with E-state index in [0.29, 0.717) is 19.1 Å². The number of alkyl halides is 1. The maximum absolute atomic E-state index is 5.53. The van der Waals surface area contributed by atoms with E-state index in [4.69, 9.17) is 16.3 Å². The van der Waals surface area contributed by atoms with E-state index >= 15 is 0 Å². The first-order valence-electron chi connectivity index (χ1n) is 6.42. The summed E-state index contributed by atoms with van der Waals surface area (Å²) in [7, 11) is 0. The van der Waals surface area contributed by atoms with E-state index in [9.17, 15) is 0 Å². The molecule has 5 heteroatoms. The molecule has 1 aromatic carbocycles. The minimum absolute atomic E-state index is 0.543. The monoisotopic (exact) mass is 279 g/mol. The molecule has 0 amide bonds. The fourth-order valence-electron chi connectivity index (χ4n) is 1.91. The van der Waals surface area contributed by atoms with Gasteiger partial charge in [-0.05, 0) is 13.3 Å². The van der Waals surface area contributed by atoms with Crippen LogP contribution in [-0.4, -0.2) is 35.8 Å². The van der Waals surface area contributed by atoms with E-state index in [1.165, 1.54) is 0 Å². The molecule has 0 saturated carbocycles. The highest BCUT2D eigenvalue weighted by Gasteiger charge is 2.04. The number of anilines is 1. The van der Waals surface area contributed by atoms with Gasteiger partial charge in [-0.25, -0.2) is 0 Å².